The minimum absolute atomic E-state index is 0.211. The standard InChI is InChI=1S/C25H24F3N5O3/c1-15-21(36-16(2)34)14-32(3)20-11-10-19(17-7-6-8-18(13-17)25(26,27)28)30-23(20)33(15)24(35)31-22-9-4-5-12-29-22/h4-13,15,21H,14H2,1-3H3,(H,29,31,35)/t15-,21+/m1/s1. The van der Waals surface area contributed by atoms with E-state index < -0.39 is 35.9 Å². The zero-order valence-corrected chi connectivity index (χ0v) is 19.8. The lowest BCUT2D eigenvalue weighted by Crippen LogP contribution is -2.50. The molecule has 0 aliphatic carbocycles. The Kier molecular flexibility index (Phi) is 6.82. The van der Waals surface area contributed by atoms with E-state index in [1.807, 2.05) is 0 Å². The van der Waals surface area contributed by atoms with Crippen LogP contribution in [-0.4, -0.2) is 47.7 Å². The monoisotopic (exact) mass is 499 g/mol. The van der Waals surface area contributed by atoms with Gasteiger partial charge in [-0.05, 0) is 43.3 Å². The Morgan fingerprint density at radius 2 is 1.89 bits per heavy atom. The van der Waals surface area contributed by atoms with Crippen molar-refractivity contribution in [2.45, 2.75) is 32.2 Å². The average Bonchev–Trinajstić information content (AvgIpc) is 2.92. The number of hydrogen-bond acceptors (Lipinski definition) is 6. The van der Waals surface area contributed by atoms with E-state index >= 15 is 0 Å². The Hall–Kier alpha value is -4.15. The van der Waals surface area contributed by atoms with Crippen LogP contribution in [0.25, 0.3) is 11.3 Å². The molecule has 0 fully saturated rings. The summed E-state index contributed by atoms with van der Waals surface area (Å²) in [5.41, 5.74) is 0.237. The number of carbonyl (C=O) groups excluding carboxylic acids is 2. The first-order valence-corrected chi connectivity index (χ1v) is 11.1. The first-order valence-electron chi connectivity index (χ1n) is 11.1. The van der Waals surface area contributed by atoms with Gasteiger partial charge < -0.3 is 9.64 Å². The van der Waals surface area contributed by atoms with E-state index in [4.69, 9.17) is 4.74 Å². The molecule has 2 aromatic heterocycles. The molecule has 1 aliphatic heterocycles. The maximum absolute atomic E-state index is 13.5. The Morgan fingerprint density at radius 3 is 2.56 bits per heavy atom. The average molecular weight is 499 g/mol. The molecule has 36 heavy (non-hydrogen) atoms. The first kappa shape index (κ1) is 25.0. The van der Waals surface area contributed by atoms with Gasteiger partial charge in [-0.2, -0.15) is 13.2 Å². The number of rotatable bonds is 3. The number of nitrogens with one attached hydrogen (secondary N) is 1. The van der Waals surface area contributed by atoms with Crippen LogP contribution < -0.4 is 15.1 Å². The van der Waals surface area contributed by atoms with Gasteiger partial charge in [0.1, 0.15) is 11.9 Å². The highest BCUT2D eigenvalue weighted by Gasteiger charge is 2.38. The summed E-state index contributed by atoms with van der Waals surface area (Å²) in [6.07, 6.45) is -3.69. The quantitative estimate of drug-likeness (QED) is 0.512. The highest BCUT2D eigenvalue weighted by atomic mass is 19.4. The summed E-state index contributed by atoms with van der Waals surface area (Å²) in [6, 6.07) is 11.9. The number of alkyl halides is 3. The number of esters is 1. The highest BCUT2D eigenvalue weighted by molar-refractivity contribution is 6.03. The third-order valence-electron chi connectivity index (χ3n) is 5.81. The van der Waals surface area contributed by atoms with E-state index in [9.17, 15) is 22.8 Å². The molecule has 8 nitrogen and oxygen atoms in total. The number of likely N-dealkylation sites (N-methyl/N-ethyl adjacent to an activating group) is 1. The molecule has 0 spiro atoms. The van der Waals surface area contributed by atoms with Crippen molar-refractivity contribution in [2.75, 3.05) is 28.7 Å². The topological polar surface area (TPSA) is 87.7 Å². The summed E-state index contributed by atoms with van der Waals surface area (Å²) in [6.45, 7) is 3.27. The summed E-state index contributed by atoms with van der Waals surface area (Å²) in [5, 5.41) is 2.72. The van der Waals surface area contributed by atoms with Gasteiger partial charge in [-0.15, -0.1) is 0 Å². The normalized spacial score (nSPS) is 17.7. The van der Waals surface area contributed by atoms with E-state index in [2.05, 4.69) is 15.3 Å². The van der Waals surface area contributed by atoms with E-state index in [1.54, 1.807) is 49.2 Å². The van der Waals surface area contributed by atoms with Crippen molar-refractivity contribution in [1.82, 2.24) is 9.97 Å². The number of benzene rings is 1. The first-order chi connectivity index (χ1) is 17.0. The smallest absolute Gasteiger partial charge is 0.416 e. The van der Waals surface area contributed by atoms with Crippen LogP contribution in [0.5, 0.6) is 0 Å². The van der Waals surface area contributed by atoms with Gasteiger partial charge in [0.15, 0.2) is 5.82 Å². The number of nitrogens with zero attached hydrogens (tertiary/aromatic N) is 4. The number of carbonyl (C=O) groups is 2. The Bertz CT molecular complexity index is 1270. The molecular weight excluding hydrogens is 475 g/mol. The van der Waals surface area contributed by atoms with Crippen LogP contribution in [0.2, 0.25) is 0 Å². The van der Waals surface area contributed by atoms with Gasteiger partial charge in [-0.1, -0.05) is 18.2 Å². The molecule has 1 aliphatic rings. The number of urea groups is 1. The van der Waals surface area contributed by atoms with Crippen molar-refractivity contribution in [3.05, 3.63) is 66.4 Å². The fourth-order valence-electron chi connectivity index (χ4n) is 4.05. The summed E-state index contributed by atoms with van der Waals surface area (Å²) >= 11 is 0. The van der Waals surface area contributed by atoms with Gasteiger partial charge in [-0.3, -0.25) is 15.0 Å². The number of anilines is 3. The highest BCUT2D eigenvalue weighted by Crippen LogP contribution is 2.37. The molecule has 0 saturated heterocycles. The number of hydrogen-bond donors (Lipinski definition) is 1. The van der Waals surface area contributed by atoms with E-state index in [-0.39, 0.29) is 23.6 Å². The second kappa shape index (κ2) is 9.84. The van der Waals surface area contributed by atoms with Crippen LogP contribution in [0.15, 0.2) is 60.8 Å². The van der Waals surface area contributed by atoms with Crippen LogP contribution in [0.3, 0.4) is 0 Å². The molecule has 2 amide bonds. The van der Waals surface area contributed by atoms with Crippen LogP contribution in [0, 0.1) is 0 Å². The van der Waals surface area contributed by atoms with Crippen LogP contribution in [0.1, 0.15) is 19.4 Å². The van der Waals surface area contributed by atoms with Gasteiger partial charge in [0.05, 0.1) is 29.5 Å². The van der Waals surface area contributed by atoms with Crippen molar-refractivity contribution in [3.8, 4) is 11.3 Å². The maximum atomic E-state index is 13.5. The molecular formula is C25H24F3N5O3. The van der Waals surface area contributed by atoms with Crippen molar-refractivity contribution in [1.29, 1.82) is 0 Å². The van der Waals surface area contributed by atoms with E-state index in [1.165, 1.54) is 30.2 Å². The second-order valence-electron chi connectivity index (χ2n) is 8.40. The van der Waals surface area contributed by atoms with Gasteiger partial charge in [0.2, 0.25) is 0 Å². The Labute approximate surface area is 205 Å². The lowest BCUT2D eigenvalue weighted by molar-refractivity contribution is -0.146. The van der Waals surface area contributed by atoms with Crippen LogP contribution in [0.4, 0.5) is 35.3 Å². The molecule has 0 bridgehead atoms. The predicted molar refractivity (Wildman–Crippen MR) is 129 cm³/mol. The third-order valence-corrected chi connectivity index (χ3v) is 5.81. The number of halogens is 3. The molecule has 11 heteroatoms. The molecule has 3 heterocycles. The Balaban J connectivity index is 1.81. The number of pyridine rings is 2. The largest absolute Gasteiger partial charge is 0.458 e. The van der Waals surface area contributed by atoms with Crippen molar-refractivity contribution < 1.29 is 27.5 Å². The molecule has 2 atom stereocenters. The fourth-order valence-corrected chi connectivity index (χ4v) is 4.05. The predicted octanol–water partition coefficient (Wildman–Crippen LogP) is 4.97. The zero-order chi connectivity index (χ0) is 26.0. The van der Waals surface area contributed by atoms with Crippen molar-refractivity contribution in [3.63, 3.8) is 0 Å². The van der Waals surface area contributed by atoms with Crippen LogP contribution >= 0.6 is 0 Å². The van der Waals surface area contributed by atoms with Crippen LogP contribution in [-0.2, 0) is 15.7 Å². The molecule has 188 valence electrons. The van der Waals surface area contributed by atoms with E-state index in [0.717, 1.165) is 12.1 Å². The molecule has 1 N–H and O–H groups in total. The number of ether oxygens (including phenoxy) is 1. The summed E-state index contributed by atoms with van der Waals surface area (Å²) in [4.78, 5) is 37.2. The van der Waals surface area contributed by atoms with Gasteiger partial charge >= 0.3 is 18.2 Å². The number of amides is 2. The lowest BCUT2D eigenvalue weighted by atomic mass is 10.1. The number of fused-ring (bicyclic) bond motifs is 1. The summed E-state index contributed by atoms with van der Waals surface area (Å²) in [5.74, 6) is 0.00354. The van der Waals surface area contributed by atoms with E-state index in [0.29, 0.717) is 11.5 Å². The molecule has 4 rings (SSSR count). The SMILES string of the molecule is CC(=O)O[C@H]1CN(C)c2ccc(-c3cccc(C(F)(F)F)c3)nc2N(C(=O)Nc2ccccn2)[C@@H]1C. The fraction of sp³-hybridized carbons (Fsp3) is 0.280. The van der Waals surface area contributed by atoms with Crippen molar-refractivity contribution in [2.24, 2.45) is 0 Å². The zero-order valence-electron chi connectivity index (χ0n) is 19.8. The van der Waals surface area contributed by atoms with Crippen molar-refractivity contribution >= 4 is 29.3 Å². The molecule has 0 saturated carbocycles. The third kappa shape index (κ3) is 5.24. The van der Waals surface area contributed by atoms with Gasteiger partial charge in [0.25, 0.3) is 0 Å². The molecule has 3 aromatic rings. The number of aromatic nitrogens is 2. The lowest BCUT2D eigenvalue weighted by Gasteiger charge is -2.31. The summed E-state index contributed by atoms with van der Waals surface area (Å²) in [7, 11) is 1.76. The van der Waals surface area contributed by atoms with Gasteiger partial charge in [-0.25, -0.2) is 14.8 Å². The minimum Gasteiger partial charge on any atom is -0.458 e. The molecule has 0 unspecified atom stereocenters. The molecule has 0 radical (unpaired) electrons. The maximum Gasteiger partial charge on any atom is 0.416 e. The second-order valence-corrected chi connectivity index (χ2v) is 8.40. The minimum atomic E-state index is -4.51. The Morgan fingerprint density at radius 1 is 1.11 bits per heavy atom. The van der Waals surface area contributed by atoms with Gasteiger partial charge in [0, 0.05) is 25.7 Å². The molecule has 1 aromatic carbocycles. The summed E-state index contributed by atoms with van der Waals surface area (Å²) < 4.78 is 45.4.